The van der Waals surface area contributed by atoms with Gasteiger partial charge in [0.05, 0.1) is 18.0 Å². The van der Waals surface area contributed by atoms with E-state index in [1.165, 1.54) is 0 Å². The zero-order valence-electron chi connectivity index (χ0n) is 15.9. The van der Waals surface area contributed by atoms with Crippen molar-refractivity contribution in [1.82, 2.24) is 4.31 Å². The van der Waals surface area contributed by atoms with Crippen LogP contribution in [-0.4, -0.2) is 26.4 Å². The van der Waals surface area contributed by atoms with E-state index in [4.69, 9.17) is 4.74 Å². The third-order valence-electron chi connectivity index (χ3n) is 5.15. The molecule has 140 valence electrons. The molecule has 0 bridgehead atoms. The molecule has 1 fully saturated rings. The number of nitrogens with zero attached hydrogens (tertiary/aromatic N) is 1. The van der Waals surface area contributed by atoms with Crippen LogP contribution in [0.4, 0.5) is 0 Å². The zero-order chi connectivity index (χ0) is 18.9. The standard InChI is InChI=1S/C21H27NO3S/c1-16-5-11-19(12-6-16)26(23,24)22-15-21(2,3)14-13-20(22)17-7-9-18(25-4)10-8-17/h5-12,20H,13-15H2,1-4H3. The smallest absolute Gasteiger partial charge is 0.243 e. The van der Waals surface area contributed by atoms with Crippen LogP contribution in [0.3, 0.4) is 0 Å². The Bertz CT molecular complexity index is 855. The van der Waals surface area contributed by atoms with Crippen LogP contribution in [0.5, 0.6) is 5.75 Å². The molecular weight excluding hydrogens is 346 g/mol. The minimum atomic E-state index is -3.56. The second-order valence-corrected chi connectivity index (χ2v) is 9.75. The van der Waals surface area contributed by atoms with E-state index in [1.807, 2.05) is 43.3 Å². The summed E-state index contributed by atoms with van der Waals surface area (Å²) in [7, 11) is -1.93. The fraction of sp³-hybridized carbons (Fsp3) is 0.429. The van der Waals surface area contributed by atoms with Crippen molar-refractivity contribution in [2.75, 3.05) is 13.7 Å². The molecule has 5 heteroatoms. The summed E-state index contributed by atoms with van der Waals surface area (Å²) in [5, 5.41) is 0. The van der Waals surface area contributed by atoms with Crippen molar-refractivity contribution < 1.29 is 13.2 Å². The molecule has 2 aromatic rings. The molecule has 1 atom stereocenters. The SMILES string of the molecule is COc1ccc(C2CCC(C)(C)CN2S(=O)(=O)c2ccc(C)cc2)cc1. The zero-order valence-corrected chi connectivity index (χ0v) is 16.7. The minimum absolute atomic E-state index is 0.0409. The number of methoxy groups -OCH3 is 1. The van der Waals surface area contributed by atoms with E-state index in [-0.39, 0.29) is 11.5 Å². The van der Waals surface area contributed by atoms with Gasteiger partial charge in [-0.15, -0.1) is 0 Å². The highest BCUT2D eigenvalue weighted by Gasteiger charge is 2.40. The van der Waals surface area contributed by atoms with Gasteiger partial charge in [-0.05, 0) is 55.0 Å². The fourth-order valence-electron chi connectivity index (χ4n) is 3.54. The summed E-state index contributed by atoms with van der Waals surface area (Å²) in [4.78, 5) is 0.360. The van der Waals surface area contributed by atoms with Gasteiger partial charge in [0.15, 0.2) is 0 Å². The molecule has 0 N–H and O–H groups in total. The number of hydrogen-bond acceptors (Lipinski definition) is 3. The molecule has 1 unspecified atom stereocenters. The number of piperidine rings is 1. The van der Waals surface area contributed by atoms with Crippen LogP contribution in [0, 0.1) is 12.3 Å². The Morgan fingerprint density at radius 2 is 1.65 bits per heavy atom. The van der Waals surface area contributed by atoms with E-state index in [0.29, 0.717) is 11.4 Å². The Morgan fingerprint density at radius 3 is 2.23 bits per heavy atom. The van der Waals surface area contributed by atoms with Crippen molar-refractivity contribution in [2.45, 2.75) is 44.6 Å². The van der Waals surface area contributed by atoms with E-state index in [1.54, 1.807) is 23.5 Å². The van der Waals surface area contributed by atoms with Gasteiger partial charge in [-0.2, -0.15) is 4.31 Å². The molecule has 0 amide bonds. The Balaban J connectivity index is 2.01. The summed E-state index contributed by atoms with van der Waals surface area (Å²) in [6.07, 6.45) is 1.80. The summed E-state index contributed by atoms with van der Waals surface area (Å²) >= 11 is 0. The van der Waals surface area contributed by atoms with Crippen LogP contribution in [0.15, 0.2) is 53.4 Å². The van der Waals surface area contributed by atoms with Gasteiger partial charge in [0.1, 0.15) is 5.75 Å². The normalized spacial score (nSPS) is 20.7. The summed E-state index contributed by atoms with van der Waals surface area (Å²) in [5.41, 5.74) is 2.02. The van der Waals surface area contributed by atoms with Gasteiger partial charge in [0.2, 0.25) is 10.0 Å². The van der Waals surface area contributed by atoms with Crippen LogP contribution < -0.4 is 4.74 Å². The van der Waals surface area contributed by atoms with Gasteiger partial charge in [0.25, 0.3) is 0 Å². The second-order valence-electron chi connectivity index (χ2n) is 7.86. The Morgan fingerprint density at radius 1 is 1.04 bits per heavy atom. The van der Waals surface area contributed by atoms with E-state index in [0.717, 1.165) is 29.7 Å². The number of aryl methyl sites for hydroxylation is 1. The van der Waals surface area contributed by atoms with Crippen molar-refractivity contribution >= 4 is 10.0 Å². The summed E-state index contributed by atoms with van der Waals surface area (Å²) in [5.74, 6) is 0.776. The first-order chi connectivity index (χ1) is 12.2. The molecule has 1 aliphatic rings. The van der Waals surface area contributed by atoms with Crippen molar-refractivity contribution in [2.24, 2.45) is 5.41 Å². The maximum Gasteiger partial charge on any atom is 0.243 e. The van der Waals surface area contributed by atoms with E-state index in [9.17, 15) is 8.42 Å². The number of benzene rings is 2. The third-order valence-corrected chi connectivity index (χ3v) is 7.02. The third kappa shape index (κ3) is 3.79. The molecule has 0 spiro atoms. The molecular formula is C21H27NO3S. The molecule has 26 heavy (non-hydrogen) atoms. The highest BCUT2D eigenvalue weighted by molar-refractivity contribution is 7.89. The molecule has 1 saturated heterocycles. The summed E-state index contributed by atoms with van der Waals surface area (Å²) in [6, 6.07) is 14.7. The van der Waals surface area contributed by atoms with E-state index < -0.39 is 10.0 Å². The number of hydrogen-bond donors (Lipinski definition) is 0. The highest BCUT2D eigenvalue weighted by Crippen LogP contribution is 2.42. The van der Waals surface area contributed by atoms with Crippen LogP contribution in [0.25, 0.3) is 0 Å². The second kappa shape index (κ2) is 7.05. The van der Waals surface area contributed by atoms with Crippen molar-refractivity contribution in [1.29, 1.82) is 0 Å². The van der Waals surface area contributed by atoms with Gasteiger partial charge < -0.3 is 4.74 Å². The Hall–Kier alpha value is -1.85. The summed E-state index contributed by atoms with van der Waals surface area (Å²) in [6.45, 7) is 6.74. The fourth-order valence-corrected chi connectivity index (χ4v) is 5.37. The van der Waals surface area contributed by atoms with Crippen molar-refractivity contribution in [3.63, 3.8) is 0 Å². The average Bonchev–Trinajstić information content (AvgIpc) is 2.61. The first kappa shape index (κ1) is 18.9. The molecule has 1 heterocycles. The Labute approximate surface area is 156 Å². The topological polar surface area (TPSA) is 46.6 Å². The maximum atomic E-state index is 13.4. The lowest BCUT2D eigenvalue weighted by Crippen LogP contribution is -2.45. The van der Waals surface area contributed by atoms with Crippen molar-refractivity contribution in [3.05, 3.63) is 59.7 Å². The monoisotopic (exact) mass is 373 g/mol. The number of sulfonamides is 1. The van der Waals surface area contributed by atoms with Gasteiger partial charge in [-0.25, -0.2) is 8.42 Å². The first-order valence-corrected chi connectivity index (χ1v) is 10.4. The molecule has 0 saturated carbocycles. The van der Waals surface area contributed by atoms with Gasteiger partial charge in [0, 0.05) is 6.54 Å². The summed E-state index contributed by atoms with van der Waals surface area (Å²) < 4.78 is 33.7. The largest absolute Gasteiger partial charge is 0.497 e. The highest BCUT2D eigenvalue weighted by atomic mass is 32.2. The van der Waals surface area contributed by atoms with E-state index in [2.05, 4.69) is 13.8 Å². The minimum Gasteiger partial charge on any atom is -0.497 e. The van der Waals surface area contributed by atoms with Crippen LogP contribution >= 0.6 is 0 Å². The van der Waals surface area contributed by atoms with Gasteiger partial charge >= 0.3 is 0 Å². The quantitative estimate of drug-likeness (QED) is 0.789. The van der Waals surface area contributed by atoms with Crippen LogP contribution in [0.1, 0.15) is 43.9 Å². The maximum absolute atomic E-state index is 13.4. The first-order valence-electron chi connectivity index (χ1n) is 8.95. The van der Waals surface area contributed by atoms with Crippen molar-refractivity contribution in [3.8, 4) is 5.75 Å². The predicted molar refractivity (Wildman–Crippen MR) is 104 cm³/mol. The Kier molecular flexibility index (Phi) is 5.13. The lowest BCUT2D eigenvalue weighted by Gasteiger charge is -2.43. The molecule has 0 radical (unpaired) electrons. The molecule has 4 nitrogen and oxygen atoms in total. The molecule has 3 rings (SSSR count). The molecule has 0 aromatic heterocycles. The lowest BCUT2D eigenvalue weighted by molar-refractivity contribution is 0.134. The predicted octanol–water partition coefficient (Wildman–Crippen LogP) is 4.56. The van der Waals surface area contributed by atoms with Gasteiger partial charge in [-0.1, -0.05) is 43.7 Å². The number of ether oxygens (including phenoxy) is 1. The molecule has 2 aromatic carbocycles. The average molecular weight is 374 g/mol. The lowest BCUT2D eigenvalue weighted by atomic mass is 9.81. The van der Waals surface area contributed by atoms with Crippen LogP contribution in [-0.2, 0) is 10.0 Å². The molecule has 0 aliphatic carbocycles. The molecule has 1 aliphatic heterocycles. The van der Waals surface area contributed by atoms with Gasteiger partial charge in [-0.3, -0.25) is 0 Å². The number of rotatable bonds is 4. The van der Waals surface area contributed by atoms with Crippen LogP contribution in [0.2, 0.25) is 0 Å². The van der Waals surface area contributed by atoms with E-state index >= 15 is 0 Å².